The zero-order chi connectivity index (χ0) is 18.0. The lowest BCUT2D eigenvalue weighted by atomic mass is 9.85. The van der Waals surface area contributed by atoms with Crippen molar-refractivity contribution in [3.8, 4) is 0 Å². The average Bonchev–Trinajstić information content (AvgIpc) is 2.82. The molecular formula is C18H19N3O4. The van der Waals surface area contributed by atoms with Gasteiger partial charge in [0.25, 0.3) is 0 Å². The smallest absolute Gasteiger partial charge is 0.244 e. The summed E-state index contributed by atoms with van der Waals surface area (Å²) in [5.41, 5.74) is 1.14. The van der Waals surface area contributed by atoms with Crippen LogP contribution in [-0.4, -0.2) is 35.1 Å². The van der Waals surface area contributed by atoms with Crippen molar-refractivity contribution in [3.63, 3.8) is 0 Å². The van der Waals surface area contributed by atoms with Crippen LogP contribution in [0.3, 0.4) is 0 Å². The summed E-state index contributed by atoms with van der Waals surface area (Å²) in [5, 5.41) is 5.29. The van der Waals surface area contributed by atoms with Crippen molar-refractivity contribution in [2.24, 2.45) is 11.8 Å². The Labute approximate surface area is 145 Å². The highest BCUT2D eigenvalue weighted by Gasteiger charge is 2.47. The van der Waals surface area contributed by atoms with Crippen molar-refractivity contribution in [1.82, 2.24) is 4.90 Å². The number of benzene rings is 1. The van der Waals surface area contributed by atoms with Crippen LogP contribution in [0.2, 0.25) is 0 Å². The molecule has 7 heteroatoms. The van der Waals surface area contributed by atoms with Gasteiger partial charge in [0.05, 0.1) is 11.8 Å². The maximum atomic E-state index is 12.3. The maximum absolute atomic E-state index is 12.3. The van der Waals surface area contributed by atoms with Gasteiger partial charge >= 0.3 is 0 Å². The molecule has 1 aliphatic heterocycles. The van der Waals surface area contributed by atoms with Crippen LogP contribution in [0.1, 0.15) is 19.8 Å². The summed E-state index contributed by atoms with van der Waals surface area (Å²) < 4.78 is 0. The molecule has 1 aromatic rings. The standard InChI is InChI=1S/C18H19N3O4/c1-11(22)19-12-6-8-13(9-7-12)20-16(23)10-21-17(24)14-4-2-3-5-15(14)18(21)25/h2-3,6-9,14-15H,4-5,10H2,1H3,(H,19,22)(H,20,23)/t14-,15-/m0/s1. The van der Waals surface area contributed by atoms with E-state index in [0.29, 0.717) is 24.2 Å². The molecule has 0 aromatic heterocycles. The first kappa shape index (κ1) is 16.9. The number of nitrogens with zero attached hydrogens (tertiary/aromatic N) is 1. The lowest BCUT2D eigenvalue weighted by molar-refractivity contribution is -0.142. The molecule has 0 radical (unpaired) electrons. The quantitative estimate of drug-likeness (QED) is 0.641. The first-order chi connectivity index (χ1) is 12.0. The summed E-state index contributed by atoms with van der Waals surface area (Å²) in [6.45, 7) is 1.13. The van der Waals surface area contributed by atoms with Crippen LogP contribution in [0.4, 0.5) is 11.4 Å². The number of nitrogens with one attached hydrogen (secondary N) is 2. The second-order valence-electron chi connectivity index (χ2n) is 6.23. The molecule has 1 heterocycles. The zero-order valence-corrected chi connectivity index (χ0v) is 13.8. The second kappa shape index (κ2) is 6.88. The van der Waals surface area contributed by atoms with Gasteiger partial charge in [-0.3, -0.25) is 24.1 Å². The number of rotatable bonds is 4. The molecule has 1 fully saturated rings. The van der Waals surface area contributed by atoms with E-state index in [1.54, 1.807) is 24.3 Å². The normalized spacial score (nSPS) is 21.9. The molecular weight excluding hydrogens is 322 g/mol. The summed E-state index contributed by atoms with van der Waals surface area (Å²) in [4.78, 5) is 48.9. The van der Waals surface area contributed by atoms with Gasteiger partial charge in [0.2, 0.25) is 23.6 Å². The Morgan fingerprint density at radius 1 is 0.960 bits per heavy atom. The van der Waals surface area contributed by atoms with Crippen molar-refractivity contribution in [1.29, 1.82) is 0 Å². The zero-order valence-electron chi connectivity index (χ0n) is 13.8. The molecule has 3 rings (SSSR count). The van der Waals surface area contributed by atoms with Gasteiger partial charge in [0.15, 0.2) is 0 Å². The fourth-order valence-corrected chi connectivity index (χ4v) is 3.21. The second-order valence-corrected chi connectivity index (χ2v) is 6.23. The predicted molar refractivity (Wildman–Crippen MR) is 91.4 cm³/mol. The molecule has 1 aromatic carbocycles. The summed E-state index contributed by atoms with van der Waals surface area (Å²) in [7, 11) is 0. The van der Waals surface area contributed by atoms with E-state index in [0.717, 1.165) is 4.90 Å². The van der Waals surface area contributed by atoms with Crippen LogP contribution in [0.5, 0.6) is 0 Å². The largest absolute Gasteiger partial charge is 0.326 e. The van der Waals surface area contributed by atoms with Gasteiger partial charge in [-0.05, 0) is 37.1 Å². The summed E-state index contributed by atoms with van der Waals surface area (Å²) in [5.74, 6) is -1.81. The lowest BCUT2D eigenvalue weighted by Crippen LogP contribution is -2.38. The molecule has 0 unspecified atom stereocenters. The van der Waals surface area contributed by atoms with Gasteiger partial charge in [-0.1, -0.05) is 12.2 Å². The summed E-state index contributed by atoms with van der Waals surface area (Å²) >= 11 is 0. The minimum atomic E-state index is -0.430. The third kappa shape index (κ3) is 3.60. The molecule has 1 saturated heterocycles. The maximum Gasteiger partial charge on any atom is 0.244 e. The number of hydrogen-bond acceptors (Lipinski definition) is 4. The first-order valence-electron chi connectivity index (χ1n) is 8.13. The molecule has 130 valence electrons. The molecule has 2 aliphatic rings. The SMILES string of the molecule is CC(=O)Nc1ccc(NC(=O)CN2C(=O)[C@H]3CC=CC[C@@H]3C2=O)cc1. The van der Waals surface area contributed by atoms with E-state index in [4.69, 9.17) is 0 Å². The van der Waals surface area contributed by atoms with E-state index in [-0.39, 0.29) is 36.1 Å². The fourth-order valence-electron chi connectivity index (χ4n) is 3.21. The third-order valence-electron chi connectivity index (χ3n) is 4.39. The van der Waals surface area contributed by atoms with Gasteiger partial charge < -0.3 is 10.6 Å². The number of allylic oxidation sites excluding steroid dienone is 2. The van der Waals surface area contributed by atoms with Gasteiger partial charge in [0, 0.05) is 18.3 Å². The number of anilines is 2. The van der Waals surface area contributed by atoms with Crippen LogP contribution in [0.15, 0.2) is 36.4 Å². The Kier molecular flexibility index (Phi) is 4.65. The van der Waals surface area contributed by atoms with Crippen LogP contribution in [0.25, 0.3) is 0 Å². The Morgan fingerprint density at radius 3 is 1.92 bits per heavy atom. The van der Waals surface area contributed by atoms with E-state index in [1.165, 1.54) is 6.92 Å². The van der Waals surface area contributed by atoms with Crippen molar-refractivity contribution in [2.75, 3.05) is 17.2 Å². The van der Waals surface area contributed by atoms with Crippen LogP contribution in [-0.2, 0) is 19.2 Å². The lowest BCUT2D eigenvalue weighted by Gasteiger charge is -2.14. The van der Waals surface area contributed by atoms with Crippen LogP contribution >= 0.6 is 0 Å². The molecule has 0 saturated carbocycles. The predicted octanol–water partition coefficient (Wildman–Crippen LogP) is 1.53. The highest BCUT2D eigenvalue weighted by molar-refractivity contribution is 6.08. The summed E-state index contributed by atoms with van der Waals surface area (Å²) in [6.07, 6.45) is 4.93. The minimum absolute atomic E-state index is 0.182. The topological polar surface area (TPSA) is 95.6 Å². The van der Waals surface area contributed by atoms with Crippen LogP contribution < -0.4 is 10.6 Å². The van der Waals surface area contributed by atoms with Gasteiger partial charge in [-0.25, -0.2) is 0 Å². The number of likely N-dealkylation sites (tertiary alicyclic amines) is 1. The number of hydrogen-bond donors (Lipinski definition) is 2. The molecule has 0 spiro atoms. The highest BCUT2D eigenvalue weighted by Crippen LogP contribution is 2.34. The van der Waals surface area contributed by atoms with Gasteiger partial charge in [-0.15, -0.1) is 0 Å². The van der Waals surface area contributed by atoms with E-state index >= 15 is 0 Å². The average molecular weight is 341 g/mol. The minimum Gasteiger partial charge on any atom is -0.326 e. The number of carbonyl (C=O) groups is 4. The fraction of sp³-hybridized carbons (Fsp3) is 0.333. The highest BCUT2D eigenvalue weighted by atomic mass is 16.2. The first-order valence-corrected chi connectivity index (χ1v) is 8.13. The van der Waals surface area contributed by atoms with Crippen molar-refractivity contribution in [2.45, 2.75) is 19.8 Å². The molecule has 25 heavy (non-hydrogen) atoms. The Morgan fingerprint density at radius 2 is 1.44 bits per heavy atom. The van der Waals surface area contributed by atoms with Crippen molar-refractivity contribution >= 4 is 35.0 Å². The number of fused-ring (bicyclic) bond motifs is 1. The van der Waals surface area contributed by atoms with Crippen LogP contribution in [0, 0.1) is 11.8 Å². The Bertz CT molecular complexity index is 728. The van der Waals surface area contributed by atoms with E-state index < -0.39 is 5.91 Å². The van der Waals surface area contributed by atoms with Crippen molar-refractivity contribution in [3.05, 3.63) is 36.4 Å². The Balaban J connectivity index is 1.60. The number of imide groups is 1. The van der Waals surface area contributed by atoms with Gasteiger partial charge in [0.1, 0.15) is 6.54 Å². The van der Waals surface area contributed by atoms with E-state index in [2.05, 4.69) is 10.6 Å². The van der Waals surface area contributed by atoms with Crippen molar-refractivity contribution < 1.29 is 19.2 Å². The molecule has 2 N–H and O–H groups in total. The van der Waals surface area contributed by atoms with E-state index in [1.807, 2.05) is 12.2 Å². The molecule has 1 aliphatic carbocycles. The Hall–Kier alpha value is -2.96. The molecule has 7 nitrogen and oxygen atoms in total. The third-order valence-corrected chi connectivity index (χ3v) is 4.39. The molecule has 2 atom stereocenters. The number of carbonyl (C=O) groups excluding carboxylic acids is 4. The monoisotopic (exact) mass is 341 g/mol. The van der Waals surface area contributed by atoms with Gasteiger partial charge in [-0.2, -0.15) is 0 Å². The summed E-state index contributed by atoms with van der Waals surface area (Å²) in [6, 6.07) is 6.59. The molecule has 4 amide bonds. The molecule has 0 bridgehead atoms. The van der Waals surface area contributed by atoms with E-state index in [9.17, 15) is 19.2 Å². The number of amides is 4.